The fourth-order valence-electron chi connectivity index (χ4n) is 1.73. The van der Waals surface area contributed by atoms with Crippen LogP contribution in [0.5, 0.6) is 0 Å². The van der Waals surface area contributed by atoms with Crippen LogP contribution in [0.15, 0.2) is 18.3 Å². The minimum Gasteiger partial charge on any atom is -0.481 e. The number of carbonyl (C=O) groups excluding carboxylic acids is 1. The maximum atomic E-state index is 12.3. The summed E-state index contributed by atoms with van der Waals surface area (Å²) in [5.41, 5.74) is 0.461. The predicted octanol–water partition coefficient (Wildman–Crippen LogP) is 2.98. The highest BCUT2D eigenvalue weighted by Gasteiger charge is 2.23. The average Bonchev–Trinajstić information content (AvgIpc) is 2.42. The van der Waals surface area contributed by atoms with Crippen molar-refractivity contribution in [3.8, 4) is 0 Å². The van der Waals surface area contributed by atoms with Gasteiger partial charge in [0.05, 0.1) is 11.6 Å². The molecular formula is C14H19ClN2O3. The third kappa shape index (κ3) is 4.49. The van der Waals surface area contributed by atoms with Gasteiger partial charge in [-0.05, 0) is 18.6 Å². The molecule has 1 unspecified atom stereocenters. The molecule has 0 aliphatic carbocycles. The van der Waals surface area contributed by atoms with E-state index < -0.39 is 11.9 Å². The van der Waals surface area contributed by atoms with Crippen LogP contribution in [0.2, 0.25) is 5.15 Å². The summed E-state index contributed by atoms with van der Waals surface area (Å²) in [6, 6.07) is 3.35. The summed E-state index contributed by atoms with van der Waals surface area (Å²) in [6.45, 7) is 3.64. The number of anilines is 1. The van der Waals surface area contributed by atoms with Gasteiger partial charge in [-0.15, -0.1) is 0 Å². The minimum atomic E-state index is -0.946. The summed E-state index contributed by atoms with van der Waals surface area (Å²) in [5.74, 6) is -1.75. The molecule has 1 N–H and O–H groups in total. The average molecular weight is 299 g/mol. The van der Waals surface area contributed by atoms with E-state index >= 15 is 0 Å². The van der Waals surface area contributed by atoms with E-state index in [9.17, 15) is 9.59 Å². The number of carboxylic acid groups (broad SMARTS) is 1. The van der Waals surface area contributed by atoms with Crippen molar-refractivity contribution in [3.63, 3.8) is 0 Å². The van der Waals surface area contributed by atoms with Crippen LogP contribution in [-0.4, -0.2) is 28.5 Å². The van der Waals surface area contributed by atoms with E-state index in [-0.39, 0.29) is 17.6 Å². The number of carboxylic acids is 1. The molecular weight excluding hydrogens is 280 g/mol. The second-order valence-electron chi connectivity index (χ2n) is 4.66. The fraction of sp³-hybridized carbons (Fsp3) is 0.500. The fourth-order valence-corrected chi connectivity index (χ4v) is 1.95. The van der Waals surface area contributed by atoms with Crippen LogP contribution in [0, 0.1) is 5.92 Å². The van der Waals surface area contributed by atoms with Crippen molar-refractivity contribution in [1.82, 2.24) is 4.98 Å². The van der Waals surface area contributed by atoms with Gasteiger partial charge in [0.25, 0.3) is 0 Å². The van der Waals surface area contributed by atoms with Crippen LogP contribution < -0.4 is 4.90 Å². The van der Waals surface area contributed by atoms with Gasteiger partial charge in [-0.25, -0.2) is 4.98 Å². The first-order chi connectivity index (χ1) is 9.47. The molecule has 5 nitrogen and oxygen atoms in total. The quantitative estimate of drug-likeness (QED) is 0.786. The molecule has 0 aliphatic heterocycles. The molecule has 0 saturated carbocycles. The Morgan fingerprint density at radius 1 is 1.50 bits per heavy atom. The molecule has 0 bridgehead atoms. The van der Waals surface area contributed by atoms with Crippen molar-refractivity contribution in [2.24, 2.45) is 5.92 Å². The van der Waals surface area contributed by atoms with Crippen molar-refractivity contribution in [1.29, 1.82) is 0 Å². The number of nitrogens with zero attached hydrogens (tertiary/aromatic N) is 2. The van der Waals surface area contributed by atoms with E-state index in [4.69, 9.17) is 16.7 Å². The first-order valence-electron chi connectivity index (χ1n) is 6.61. The maximum Gasteiger partial charge on any atom is 0.308 e. The number of rotatable bonds is 7. The number of amides is 1. The number of carbonyl (C=O) groups is 2. The van der Waals surface area contributed by atoms with Crippen molar-refractivity contribution in [3.05, 3.63) is 23.5 Å². The Bertz CT molecular complexity index is 479. The number of unbranched alkanes of at least 4 members (excludes halogenated alkanes) is 1. The summed E-state index contributed by atoms with van der Waals surface area (Å²) in [6.07, 6.45) is 3.55. The Hall–Kier alpha value is -1.62. The normalized spacial score (nSPS) is 11.9. The Balaban J connectivity index is 2.98. The zero-order chi connectivity index (χ0) is 15.1. The molecule has 20 heavy (non-hydrogen) atoms. The van der Waals surface area contributed by atoms with Gasteiger partial charge in [0.15, 0.2) is 5.15 Å². The van der Waals surface area contributed by atoms with Crippen LogP contribution >= 0.6 is 11.6 Å². The number of hydrogen-bond acceptors (Lipinski definition) is 3. The highest BCUT2D eigenvalue weighted by Crippen LogP contribution is 2.25. The lowest BCUT2D eigenvalue weighted by Gasteiger charge is -2.25. The molecule has 1 rings (SSSR count). The number of aliphatic carboxylic acids is 1. The highest BCUT2D eigenvalue weighted by atomic mass is 35.5. The molecule has 0 fully saturated rings. The second-order valence-corrected chi connectivity index (χ2v) is 5.02. The number of pyridine rings is 1. The van der Waals surface area contributed by atoms with Gasteiger partial charge in [0, 0.05) is 19.2 Å². The second kappa shape index (κ2) is 7.85. The van der Waals surface area contributed by atoms with Crippen molar-refractivity contribution in [2.75, 3.05) is 11.4 Å². The molecule has 1 atom stereocenters. The van der Waals surface area contributed by atoms with Gasteiger partial charge in [-0.1, -0.05) is 31.9 Å². The van der Waals surface area contributed by atoms with Crippen LogP contribution in [0.1, 0.15) is 33.1 Å². The number of aromatic nitrogens is 1. The van der Waals surface area contributed by atoms with Gasteiger partial charge in [-0.3, -0.25) is 9.59 Å². The topological polar surface area (TPSA) is 70.5 Å². The molecule has 1 aromatic rings. The molecule has 1 aromatic heterocycles. The Kier molecular flexibility index (Phi) is 6.45. The van der Waals surface area contributed by atoms with E-state index in [1.807, 2.05) is 6.92 Å². The van der Waals surface area contributed by atoms with Crippen LogP contribution in [0.3, 0.4) is 0 Å². The monoisotopic (exact) mass is 298 g/mol. The SMILES string of the molecule is CCCCC(=O)N(CC(C)C(=O)O)c1cccnc1Cl. The molecule has 0 aromatic carbocycles. The third-order valence-corrected chi connectivity index (χ3v) is 3.24. The van der Waals surface area contributed by atoms with E-state index in [2.05, 4.69) is 4.98 Å². The lowest BCUT2D eigenvalue weighted by atomic mass is 10.1. The summed E-state index contributed by atoms with van der Waals surface area (Å²) in [4.78, 5) is 28.6. The van der Waals surface area contributed by atoms with Crippen LogP contribution in [0.25, 0.3) is 0 Å². The smallest absolute Gasteiger partial charge is 0.308 e. The number of halogens is 1. The zero-order valence-electron chi connectivity index (χ0n) is 11.7. The maximum absolute atomic E-state index is 12.3. The molecule has 0 saturated heterocycles. The minimum absolute atomic E-state index is 0.0866. The van der Waals surface area contributed by atoms with Crippen molar-refractivity contribution < 1.29 is 14.7 Å². The third-order valence-electron chi connectivity index (χ3n) is 2.95. The summed E-state index contributed by atoms with van der Waals surface area (Å²) < 4.78 is 0. The van der Waals surface area contributed by atoms with E-state index in [1.165, 1.54) is 11.1 Å². The van der Waals surface area contributed by atoms with Crippen molar-refractivity contribution in [2.45, 2.75) is 33.1 Å². The zero-order valence-corrected chi connectivity index (χ0v) is 12.4. The van der Waals surface area contributed by atoms with Crippen LogP contribution in [0.4, 0.5) is 5.69 Å². The van der Waals surface area contributed by atoms with E-state index in [1.54, 1.807) is 19.1 Å². The van der Waals surface area contributed by atoms with Gasteiger partial charge in [0.2, 0.25) is 5.91 Å². The molecule has 1 amide bonds. The first kappa shape index (κ1) is 16.4. The lowest BCUT2D eigenvalue weighted by molar-refractivity contribution is -0.140. The summed E-state index contributed by atoms with van der Waals surface area (Å²) in [5, 5.41) is 9.22. The van der Waals surface area contributed by atoms with Crippen molar-refractivity contribution >= 4 is 29.2 Å². The van der Waals surface area contributed by atoms with Crippen LogP contribution in [-0.2, 0) is 9.59 Å². The molecule has 0 spiro atoms. The van der Waals surface area contributed by atoms with Gasteiger partial charge in [-0.2, -0.15) is 0 Å². The standard InChI is InChI=1S/C14H19ClN2O3/c1-3-4-7-12(18)17(9-10(2)14(19)20)11-6-5-8-16-13(11)15/h5-6,8,10H,3-4,7,9H2,1-2H3,(H,19,20). The van der Waals surface area contributed by atoms with E-state index in [0.717, 1.165) is 12.8 Å². The molecule has 1 heterocycles. The molecule has 0 radical (unpaired) electrons. The van der Waals surface area contributed by atoms with E-state index in [0.29, 0.717) is 12.1 Å². The Morgan fingerprint density at radius 3 is 2.75 bits per heavy atom. The van der Waals surface area contributed by atoms with Gasteiger partial charge < -0.3 is 10.0 Å². The Morgan fingerprint density at radius 2 is 2.20 bits per heavy atom. The van der Waals surface area contributed by atoms with Gasteiger partial charge in [0.1, 0.15) is 0 Å². The molecule has 110 valence electrons. The summed E-state index contributed by atoms with van der Waals surface area (Å²) >= 11 is 6.01. The largest absolute Gasteiger partial charge is 0.481 e. The molecule has 6 heteroatoms. The first-order valence-corrected chi connectivity index (χ1v) is 6.98. The highest BCUT2D eigenvalue weighted by molar-refractivity contribution is 6.32. The Labute approximate surface area is 123 Å². The van der Waals surface area contributed by atoms with Gasteiger partial charge >= 0.3 is 5.97 Å². The number of hydrogen-bond donors (Lipinski definition) is 1. The summed E-state index contributed by atoms with van der Waals surface area (Å²) in [7, 11) is 0. The molecule has 0 aliphatic rings. The predicted molar refractivity (Wildman–Crippen MR) is 77.9 cm³/mol. The lowest BCUT2D eigenvalue weighted by Crippen LogP contribution is -2.37.